The van der Waals surface area contributed by atoms with E-state index >= 15 is 0 Å². The highest BCUT2D eigenvalue weighted by molar-refractivity contribution is 7.47. The van der Waals surface area contributed by atoms with Crippen LogP contribution in [0.3, 0.4) is 0 Å². The van der Waals surface area contributed by atoms with Gasteiger partial charge in [0.25, 0.3) is 0 Å². The fourth-order valence-corrected chi connectivity index (χ4v) is 6.46. The molecule has 0 aliphatic carbocycles. The Morgan fingerprint density at radius 2 is 1.08 bits per heavy atom. The number of rotatable bonds is 39. The number of nitrogens with zero attached hydrogens (tertiary/aromatic N) is 1. The molecule has 0 rings (SSSR count). The molecule has 2 atom stereocenters. The first-order valence-electron chi connectivity index (χ1n) is 21.1. The molecule has 1 N–H and O–H groups in total. The quantitative estimate of drug-likeness (QED) is 0.0220. The van der Waals surface area contributed by atoms with Gasteiger partial charge in [-0.05, 0) is 38.5 Å². The van der Waals surface area contributed by atoms with Gasteiger partial charge in [0.05, 0.1) is 34.4 Å². The lowest BCUT2D eigenvalue weighted by atomic mass is 10.0. The van der Waals surface area contributed by atoms with Crippen molar-refractivity contribution in [2.24, 2.45) is 0 Å². The Balaban J connectivity index is 4.31. The minimum atomic E-state index is -4.28. The average Bonchev–Trinajstić information content (AvgIpc) is 3.08. The van der Waals surface area contributed by atoms with Gasteiger partial charge in [0, 0.05) is 13.0 Å². The first kappa shape index (κ1) is 50.0. The molecule has 2 unspecified atom stereocenters. The van der Waals surface area contributed by atoms with Gasteiger partial charge in [-0.25, -0.2) is 4.57 Å². The summed E-state index contributed by atoms with van der Waals surface area (Å²) >= 11 is 0. The third-order valence-corrected chi connectivity index (χ3v) is 10.00. The lowest BCUT2D eigenvalue weighted by Gasteiger charge is -2.24. The second-order valence-electron chi connectivity index (χ2n) is 15.4. The summed E-state index contributed by atoms with van der Waals surface area (Å²) in [5.74, 6) is -0.326. The topological polar surface area (TPSA) is 91.3 Å². The number of ether oxygens (including phenoxy) is 2. The number of esters is 1. The smallest absolute Gasteiger partial charge is 0.457 e. The minimum absolute atomic E-state index is 0.0832. The monoisotopic (exact) mass is 745 g/mol. The summed E-state index contributed by atoms with van der Waals surface area (Å²) in [5.41, 5.74) is 0. The SMILES string of the molecule is CCCCCCCCCC/C=C\C/C=C\CCCOCC(COP(=O)(O)OCC[N+](C)(C)C)OC(=O)CCCCCCCCCCCCCCC. The van der Waals surface area contributed by atoms with Crippen LogP contribution in [-0.2, 0) is 27.9 Å². The van der Waals surface area contributed by atoms with Crippen molar-refractivity contribution in [3.05, 3.63) is 24.3 Å². The number of unbranched alkanes of at least 4 members (excludes halogenated alkanes) is 21. The van der Waals surface area contributed by atoms with Gasteiger partial charge >= 0.3 is 13.8 Å². The van der Waals surface area contributed by atoms with Crippen molar-refractivity contribution in [2.45, 2.75) is 187 Å². The highest BCUT2D eigenvalue weighted by Crippen LogP contribution is 2.43. The first-order valence-corrected chi connectivity index (χ1v) is 22.6. The van der Waals surface area contributed by atoms with Gasteiger partial charge in [0.1, 0.15) is 19.3 Å². The molecule has 302 valence electrons. The molecule has 0 heterocycles. The van der Waals surface area contributed by atoms with E-state index in [9.17, 15) is 14.3 Å². The molecule has 0 aliphatic heterocycles. The molecule has 0 radical (unpaired) electrons. The molecular formula is C42H83NO7P+. The number of phosphoric ester groups is 1. The normalized spacial score (nSPS) is 14.1. The maximum Gasteiger partial charge on any atom is 0.472 e. The lowest BCUT2D eigenvalue weighted by molar-refractivity contribution is -0.870. The highest BCUT2D eigenvalue weighted by atomic mass is 31.2. The Morgan fingerprint density at radius 1 is 0.608 bits per heavy atom. The van der Waals surface area contributed by atoms with Crippen LogP contribution in [0.15, 0.2) is 24.3 Å². The Kier molecular flexibility index (Phi) is 35.3. The molecule has 0 fully saturated rings. The van der Waals surface area contributed by atoms with Crippen LogP contribution < -0.4 is 0 Å². The fourth-order valence-electron chi connectivity index (χ4n) is 5.71. The van der Waals surface area contributed by atoms with Crippen LogP contribution in [0.2, 0.25) is 0 Å². The third-order valence-electron chi connectivity index (χ3n) is 9.02. The molecule has 0 bridgehead atoms. The molecule has 0 saturated carbocycles. The van der Waals surface area contributed by atoms with Crippen LogP contribution >= 0.6 is 7.82 Å². The zero-order valence-electron chi connectivity index (χ0n) is 34.1. The van der Waals surface area contributed by atoms with E-state index in [1.165, 1.54) is 122 Å². The Bertz CT molecular complexity index is 874. The van der Waals surface area contributed by atoms with E-state index in [1.807, 2.05) is 21.1 Å². The second kappa shape index (κ2) is 36.0. The molecule has 0 aromatic carbocycles. The Morgan fingerprint density at radius 3 is 1.59 bits per heavy atom. The van der Waals surface area contributed by atoms with Crippen LogP contribution in [-0.4, -0.2) is 75.6 Å². The number of likely N-dealkylation sites (N-methyl/N-ethyl adjacent to an activating group) is 1. The number of quaternary nitrogens is 1. The average molecular weight is 745 g/mol. The zero-order valence-corrected chi connectivity index (χ0v) is 35.0. The molecule has 0 amide bonds. The van der Waals surface area contributed by atoms with Crippen molar-refractivity contribution in [1.82, 2.24) is 0 Å². The number of carbonyl (C=O) groups excluding carboxylic acids is 1. The summed E-state index contributed by atoms with van der Waals surface area (Å²) in [6, 6.07) is 0. The molecule has 0 aromatic heterocycles. The van der Waals surface area contributed by atoms with Gasteiger partial charge in [-0.2, -0.15) is 0 Å². The van der Waals surface area contributed by atoms with E-state index in [1.54, 1.807) is 0 Å². The van der Waals surface area contributed by atoms with Gasteiger partial charge < -0.3 is 18.9 Å². The van der Waals surface area contributed by atoms with E-state index < -0.39 is 13.9 Å². The van der Waals surface area contributed by atoms with E-state index in [0.29, 0.717) is 24.1 Å². The van der Waals surface area contributed by atoms with Gasteiger partial charge in [0.2, 0.25) is 0 Å². The number of hydrogen-bond donors (Lipinski definition) is 1. The summed E-state index contributed by atoms with van der Waals surface area (Å²) in [7, 11) is 1.65. The summed E-state index contributed by atoms with van der Waals surface area (Å²) < 4.78 is 34.9. The molecule has 9 heteroatoms. The largest absolute Gasteiger partial charge is 0.472 e. The van der Waals surface area contributed by atoms with Gasteiger partial charge in [-0.1, -0.05) is 160 Å². The Hall–Kier alpha value is -1.02. The molecule has 0 saturated heterocycles. The van der Waals surface area contributed by atoms with Crippen LogP contribution in [0.5, 0.6) is 0 Å². The van der Waals surface area contributed by atoms with E-state index in [0.717, 1.165) is 38.5 Å². The predicted octanol–water partition coefficient (Wildman–Crippen LogP) is 12.0. The number of carbonyl (C=O) groups is 1. The van der Waals surface area contributed by atoms with Crippen molar-refractivity contribution < 1.29 is 37.3 Å². The van der Waals surface area contributed by atoms with Crippen molar-refractivity contribution >= 4 is 13.8 Å². The van der Waals surface area contributed by atoms with Crippen molar-refractivity contribution in [2.75, 3.05) is 54.1 Å². The summed E-state index contributed by atoms with van der Waals surface area (Å²) in [4.78, 5) is 22.8. The van der Waals surface area contributed by atoms with Crippen LogP contribution in [0, 0.1) is 0 Å². The number of allylic oxidation sites excluding steroid dienone is 4. The zero-order chi connectivity index (χ0) is 37.7. The molecule has 0 aliphatic rings. The fraction of sp³-hybridized carbons (Fsp3) is 0.881. The van der Waals surface area contributed by atoms with Gasteiger partial charge in [-0.3, -0.25) is 13.8 Å². The van der Waals surface area contributed by atoms with Crippen LogP contribution in [0.4, 0.5) is 0 Å². The third kappa shape index (κ3) is 40.0. The molecule has 0 aromatic rings. The van der Waals surface area contributed by atoms with E-state index in [2.05, 4.69) is 38.2 Å². The van der Waals surface area contributed by atoms with Gasteiger partial charge in [0.15, 0.2) is 0 Å². The molecule has 0 spiro atoms. The maximum atomic E-state index is 12.6. The number of phosphoric acid groups is 1. The van der Waals surface area contributed by atoms with E-state index in [-0.39, 0.29) is 25.8 Å². The summed E-state index contributed by atoms with van der Waals surface area (Å²) in [5, 5.41) is 0. The van der Waals surface area contributed by atoms with E-state index in [4.69, 9.17) is 18.5 Å². The maximum absolute atomic E-state index is 12.6. The second-order valence-corrected chi connectivity index (χ2v) is 16.8. The minimum Gasteiger partial charge on any atom is -0.457 e. The van der Waals surface area contributed by atoms with Crippen LogP contribution in [0.25, 0.3) is 0 Å². The molecule has 8 nitrogen and oxygen atoms in total. The van der Waals surface area contributed by atoms with Crippen molar-refractivity contribution in [1.29, 1.82) is 0 Å². The summed E-state index contributed by atoms with van der Waals surface area (Å²) in [6.45, 7) is 5.51. The first-order chi connectivity index (χ1) is 24.6. The summed E-state index contributed by atoms with van der Waals surface area (Å²) in [6.07, 6.45) is 39.3. The predicted molar refractivity (Wildman–Crippen MR) is 215 cm³/mol. The van der Waals surface area contributed by atoms with Crippen molar-refractivity contribution in [3.8, 4) is 0 Å². The van der Waals surface area contributed by atoms with Gasteiger partial charge in [-0.15, -0.1) is 0 Å². The number of hydrogen-bond acceptors (Lipinski definition) is 6. The van der Waals surface area contributed by atoms with Crippen LogP contribution in [0.1, 0.15) is 181 Å². The Labute approximate surface area is 315 Å². The standard InChI is InChI=1S/C42H82NO7P/c1-6-8-10-12-14-16-18-20-21-22-24-26-28-30-32-34-37-47-39-41(40-49-51(45,46)48-38-36-43(3,4)5)50-42(44)35-33-31-29-27-25-23-19-17-15-13-11-9-7-2/h22,24,28,30,41H,6-21,23,25-27,29,31-40H2,1-5H3/p+1/b24-22-,30-28-. The molecular weight excluding hydrogens is 661 g/mol. The lowest BCUT2D eigenvalue weighted by Crippen LogP contribution is -2.37. The molecule has 51 heavy (non-hydrogen) atoms. The highest BCUT2D eigenvalue weighted by Gasteiger charge is 2.26. The van der Waals surface area contributed by atoms with Crippen molar-refractivity contribution in [3.63, 3.8) is 0 Å².